The third-order valence-corrected chi connectivity index (χ3v) is 11.7. The Labute approximate surface area is 348 Å². The summed E-state index contributed by atoms with van der Waals surface area (Å²) in [6.45, 7) is 5.08. The quantitative estimate of drug-likeness (QED) is 0.282. The number of ether oxygens (including phenoxy) is 1. The van der Waals surface area contributed by atoms with E-state index in [1.807, 2.05) is 6.92 Å². The van der Waals surface area contributed by atoms with Crippen molar-refractivity contribution in [1.29, 1.82) is 0 Å². The molecule has 4 saturated heterocycles. The lowest BCUT2D eigenvalue weighted by Gasteiger charge is -2.39. The molecule has 0 unspecified atom stereocenters. The minimum absolute atomic E-state index is 0.0578. The standard InChI is InChI=1S/C42H49F5N6O8/c1-22-15-33-41(60)61-24(3)35(40(59)52-14-6-8-32(52)39(58)51-13-5-4-7-31(51)37(56)48-23(2)38(57)53(33)21-22)50-36(55)30(18-26-16-28(43)20-29(44)17-26)49-34(54)19-25-9-11-27(12-10-25)42(45,46)47/h9-12,16-17,20,22-24,30-33,35H,4-8,13-15,18-19,21H2,1-3H3,(H,48,56)(H,49,54)(H,50,55)/t22-,23-,24-,30-,31-,32-,33-,35-/m0/s1. The number of fused-ring (bicyclic) bond motifs is 3. The molecule has 2 aromatic rings. The van der Waals surface area contributed by atoms with E-state index in [1.54, 1.807) is 0 Å². The SMILES string of the molecule is C[C@H]1C[C@H]2C(=O)O[C@@H](C)[C@H](NC(=O)[C@H](Cc3cc(F)cc(F)c3)NC(=O)Cc3ccc(C(F)(F)F)cc3)C(=O)N3CCC[C@H]3C(=O)N3CCCC[C@H]3C(=O)N[C@@H](C)C(=O)N2C1. The van der Waals surface area contributed by atoms with Crippen LogP contribution in [0, 0.1) is 17.6 Å². The number of rotatable bonds is 7. The number of nitrogens with one attached hydrogen (secondary N) is 3. The monoisotopic (exact) mass is 860 g/mol. The molecule has 3 N–H and O–H groups in total. The highest BCUT2D eigenvalue weighted by molar-refractivity contribution is 5.98. The molecule has 8 atom stereocenters. The Morgan fingerprint density at radius 2 is 1.44 bits per heavy atom. The van der Waals surface area contributed by atoms with Crippen molar-refractivity contribution in [3.05, 3.63) is 70.8 Å². The largest absolute Gasteiger partial charge is 0.458 e. The van der Waals surface area contributed by atoms with Crippen LogP contribution in [0.25, 0.3) is 0 Å². The van der Waals surface area contributed by atoms with E-state index in [4.69, 9.17) is 4.74 Å². The summed E-state index contributed by atoms with van der Waals surface area (Å²) in [7, 11) is 0. The number of hydrogen-bond donors (Lipinski definition) is 3. The van der Waals surface area contributed by atoms with Crippen molar-refractivity contribution >= 4 is 41.4 Å². The second kappa shape index (κ2) is 18.6. The van der Waals surface area contributed by atoms with E-state index >= 15 is 0 Å². The molecule has 14 nitrogen and oxygen atoms in total. The lowest BCUT2D eigenvalue weighted by atomic mass is 9.99. The zero-order valence-corrected chi connectivity index (χ0v) is 33.9. The van der Waals surface area contributed by atoms with E-state index in [2.05, 4.69) is 16.0 Å². The Morgan fingerprint density at radius 1 is 0.803 bits per heavy atom. The lowest BCUT2D eigenvalue weighted by molar-refractivity contribution is -0.163. The van der Waals surface area contributed by atoms with E-state index in [0.29, 0.717) is 31.7 Å². The van der Waals surface area contributed by atoms with Crippen LogP contribution in [0.3, 0.4) is 0 Å². The van der Waals surface area contributed by atoms with E-state index in [-0.39, 0.29) is 49.5 Å². The van der Waals surface area contributed by atoms with Crippen LogP contribution in [0.4, 0.5) is 22.0 Å². The molecule has 0 aromatic heterocycles. The van der Waals surface area contributed by atoms with Crippen LogP contribution < -0.4 is 16.0 Å². The van der Waals surface area contributed by atoms with Gasteiger partial charge >= 0.3 is 12.1 Å². The summed E-state index contributed by atoms with van der Waals surface area (Å²) >= 11 is 0. The molecule has 4 aliphatic rings. The van der Waals surface area contributed by atoms with Crippen molar-refractivity contribution in [3.63, 3.8) is 0 Å². The van der Waals surface area contributed by atoms with Gasteiger partial charge in [-0.25, -0.2) is 13.6 Å². The molecule has 330 valence electrons. The highest BCUT2D eigenvalue weighted by atomic mass is 19.4. The van der Waals surface area contributed by atoms with Gasteiger partial charge < -0.3 is 35.4 Å². The van der Waals surface area contributed by atoms with Gasteiger partial charge in [-0.15, -0.1) is 0 Å². The van der Waals surface area contributed by atoms with Gasteiger partial charge in [0.15, 0.2) is 0 Å². The highest BCUT2D eigenvalue weighted by Gasteiger charge is 2.47. The summed E-state index contributed by atoms with van der Waals surface area (Å²) in [5.74, 6) is -7.39. The van der Waals surface area contributed by atoms with E-state index in [1.165, 1.54) is 28.5 Å². The first-order valence-corrected chi connectivity index (χ1v) is 20.4. The molecule has 0 spiro atoms. The third kappa shape index (κ3) is 10.5. The first kappa shape index (κ1) is 44.9. The summed E-state index contributed by atoms with van der Waals surface area (Å²) in [5, 5.41) is 7.75. The van der Waals surface area contributed by atoms with Crippen LogP contribution in [0.5, 0.6) is 0 Å². The Kier molecular flexibility index (Phi) is 13.7. The molecule has 0 aliphatic carbocycles. The summed E-state index contributed by atoms with van der Waals surface area (Å²) in [6, 6.07) is -1.35. The van der Waals surface area contributed by atoms with Gasteiger partial charge in [-0.3, -0.25) is 28.8 Å². The van der Waals surface area contributed by atoms with Gasteiger partial charge in [0.25, 0.3) is 0 Å². The van der Waals surface area contributed by atoms with Crippen LogP contribution in [0.2, 0.25) is 0 Å². The number of carbonyl (C=O) groups is 7. The number of piperidine rings is 1. The number of benzene rings is 2. The van der Waals surface area contributed by atoms with Crippen LogP contribution in [-0.4, -0.2) is 118 Å². The maximum Gasteiger partial charge on any atom is 0.416 e. The second-order valence-corrected chi connectivity index (χ2v) is 16.4. The number of nitrogens with zero attached hydrogens (tertiary/aromatic N) is 3. The summed E-state index contributed by atoms with van der Waals surface area (Å²) in [6.07, 6.45) is -4.80. The minimum Gasteiger partial charge on any atom is -0.458 e. The average molecular weight is 861 g/mol. The predicted octanol–water partition coefficient (Wildman–Crippen LogP) is 2.80. The van der Waals surface area contributed by atoms with Crippen molar-refractivity contribution in [1.82, 2.24) is 30.7 Å². The zero-order chi connectivity index (χ0) is 44.3. The van der Waals surface area contributed by atoms with Crippen LogP contribution in [0.15, 0.2) is 42.5 Å². The van der Waals surface area contributed by atoms with Crippen LogP contribution >= 0.6 is 0 Å². The van der Waals surface area contributed by atoms with Crippen molar-refractivity contribution < 1.29 is 60.3 Å². The van der Waals surface area contributed by atoms with Gasteiger partial charge in [-0.2, -0.15) is 13.2 Å². The van der Waals surface area contributed by atoms with Crippen molar-refractivity contribution in [2.75, 3.05) is 19.6 Å². The normalized spacial score (nSPS) is 27.1. The van der Waals surface area contributed by atoms with E-state index in [0.717, 1.165) is 36.4 Å². The predicted molar refractivity (Wildman–Crippen MR) is 206 cm³/mol. The fourth-order valence-corrected chi connectivity index (χ4v) is 8.64. The van der Waals surface area contributed by atoms with E-state index in [9.17, 15) is 55.5 Å². The van der Waals surface area contributed by atoms with Gasteiger partial charge in [0.05, 0.1) is 12.0 Å². The molecule has 4 aliphatic heterocycles. The Hall–Kier alpha value is -5.62. The molecule has 4 fully saturated rings. The molecular weight excluding hydrogens is 811 g/mol. The van der Waals surface area contributed by atoms with Crippen LogP contribution in [0.1, 0.15) is 76.0 Å². The van der Waals surface area contributed by atoms with Gasteiger partial charge in [0.1, 0.15) is 54.0 Å². The number of esters is 1. The van der Waals surface area contributed by atoms with Crippen molar-refractivity contribution in [2.45, 2.75) is 121 Å². The fourth-order valence-electron chi connectivity index (χ4n) is 8.64. The van der Waals surface area contributed by atoms with Gasteiger partial charge in [0, 0.05) is 32.1 Å². The summed E-state index contributed by atoms with van der Waals surface area (Å²) < 4.78 is 74.0. The smallest absolute Gasteiger partial charge is 0.416 e. The average Bonchev–Trinajstić information content (AvgIpc) is 3.85. The summed E-state index contributed by atoms with van der Waals surface area (Å²) in [4.78, 5) is 102. The van der Waals surface area contributed by atoms with Gasteiger partial charge in [0.2, 0.25) is 35.4 Å². The van der Waals surface area contributed by atoms with Crippen LogP contribution in [-0.2, 0) is 57.3 Å². The molecular formula is C42H49F5N6O8. The third-order valence-electron chi connectivity index (χ3n) is 11.7. The van der Waals surface area contributed by atoms with Crippen molar-refractivity contribution in [2.24, 2.45) is 5.92 Å². The first-order valence-electron chi connectivity index (χ1n) is 20.4. The lowest BCUT2D eigenvalue weighted by Crippen LogP contribution is -2.63. The zero-order valence-electron chi connectivity index (χ0n) is 33.9. The maximum atomic E-state index is 14.7. The van der Waals surface area contributed by atoms with Crippen molar-refractivity contribution in [3.8, 4) is 0 Å². The number of halogens is 5. The highest BCUT2D eigenvalue weighted by Crippen LogP contribution is 2.30. The topological polar surface area (TPSA) is 175 Å². The van der Waals surface area contributed by atoms with E-state index < -0.39 is 120 Å². The van der Waals surface area contributed by atoms with Gasteiger partial charge in [-0.05, 0) is 93.7 Å². The molecule has 0 bridgehead atoms. The number of carbonyl (C=O) groups excluding carboxylic acids is 7. The molecule has 0 saturated carbocycles. The second-order valence-electron chi connectivity index (χ2n) is 16.4. The van der Waals surface area contributed by atoms with Gasteiger partial charge in [-0.1, -0.05) is 19.1 Å². The molecule has 19 heteroatoms. The molecule has 2 aromatic carbocycles. The Bertz CT molecular complexity index is 2010. The summed E-state index contributed by atoms with van der Waals surface area (Å²) in [5.41, 5.74) is -0.873. The Morgan fingerprint density at radius 3 is 2.11 bits per heavy atom. The number of amides is 6. The minimum atomic E-state index is -4.63. The molecule has 6 amide bonds. The first-order chi connectivity index (χ1) is 28.8. The fraction of sp³-hybridized carbons (Fsp3) is 0.548. The molecule has 0 radical (unpaired) electrons. The molecule has 4 heterocycles. The number of alkyl halides is 3. The number of hydrogen-bond acceptors (Lipinski definition) is 8. The molecule has 6 rings (SSSR count). The molecule has 61 heavy (non-hydrogen) atoms. The maximum absolute atomic E-state index is 14.7. The Balaban J connectivity index is 1.33. The number of cyclic esters (lactones) is 1.